The van der Waals surface area contributed by atoms with Gasteiger partial charge in [0.05, 0.1) is 22.6 Å². The first-order chi connectivity index (χ1) is 9.65. The first-order valence-corrected chi connectivity index (χ1v) is 6.88. The molecule has 0 fully saturated rings. The largest absolute Gasteiger partial charge is 0.370 e. The summed E-state index contributed by atoms with van der Waals surface area (Å²) in [5.41, 5.74) is 0.683. The standard InChI is InChI=1S/C13H12N4O2S/c1-2-10(13-15-5-6-20-13)16-11-7-9(8-14)3-4-12(11)17(18)19/h3-7,10,16H,2H2,1H3. The number of aromatic nitrogens is 1. The summed E-state index contributed by atoms with van der Waals surface area (Å²) in [5.74, 6) is 0. The minimum Gasteiger partial charge on any atom is -0.370 e. The molecule has 1 aromatic carbocycles. The zero-order chi connectivity index (χ0) is 14.5. The molecule has 0 aliphatic carbocycles. The van der Waals surface area contributed by atoms with Crippen LogP contribution in [0.15, 0.2) is 29.8 Å². The minimum atomic E-state index is -0.460. The lowest BCUT2D eigenvalue weighted by Crippen LogP contribution is -2.11. The highest BCUT2D eigenvalue weighted by Crippen LogP contribution is 2.31. The maximum atomic E-state index is 11.0. The van der Waals surface area contributed by atoms with Crippen molar-refractivity contribution in [2.24, 2.45) is 0 Å². The van der Waals surface area contributed by atoms with E-state index < -0.39 is 4.92 Å². The predicted molar refractivity (Wildman–Crippen MR) is 76.6 cm³/mol. The highest BCUT2D eigenvalue weighted by molar-refractivity contribution is 7.09. The van der Waals surface area contributed by atoms with Gasteiger partial charge < -0.3 is 5.32 Å². The SMILES string of the molecule is CCC(Nc1cc(C#N)ccc1[N+](=O)[O-])c1nccs1. The molecule has 0 aliphatic rings. The van der Waals surface area contributed by atoms with E-state index in [4.69, 9.17) is 5.26 Å². The summed E-state index contributed by atoms with van der Waals surface area (Å²) in [7, 11) is 0. The second-order valence-electron chi connectivity index (χ2n) is 4.08. The molecule has 0 saturated carbocycles. The Morgan fingerprint density at radius 2 is 2.40 bits per heavy atom. The minimum absolute atomic E-state index is 0.0426. The average Bonchev–Trinajstić information content (AvgIpc) is 2.98. The number of anilines is 1. The fraction of sp³-hybridized carbons (Fsp3) is 0.231. The van der Waals surface area contributed by atoms with Crippen LogP contribution in [0.1, 0.15) is 30.0 Å². The van der Waals surface area contributed by atoms with Crippen molar-refractivity contribution >= 4 is 22.7 Å². The third kappa shape index (κ3) is 2.92. The van der Waals surface area contributed by atoms with Crippen LogP contribution >= 0.6 is 11.3 Å². The normalized spacial score (nSPS) is 11.6. The predicted octanol–water partition coefficient (Wildman–Crippen LogP) is 3.49. The van der Waals surface area contributed by atoms with E-state index in [0.717, 1.165) is 11.4 Å². The number of nitrogens with zero attached hydrogens (tertiary/aromatic N) is 3. The van der Waals surface area contributed by atoms with Crippen molar-refractivity contribution in [2.75, 3.05) is 5.32 Å². The van der Waals surface area contributed by atoms with Gasteiger partial charge in [-0.2, -0.15) is 5.26 Å². The maximum Gasteiger partial charge on any atom is 0.292 e. The van der Waals surface area contributed by atoms with Crippen molar-refractivity contribution in [3.63, 3.8) is 0 Å². The number of rotatable bonds is 5. The Balaban J connectivity index is 2.36. The van der Waals surface area contributed by atoms with Crippen molar-refractivity contribution < 1.29 is 4.92 Å². The van der Waals surface area contributed by atoms with Gasteiger partial charge in [-0.3, -0.25) is 10.1 Å². The summed E-state index contributed by atoms with van der Waals surface area (Å²) in [6, 6.07) is 6.15. The maximum absolute atomic E-state index is 11.0. The van der Waals surface area contributed by atoms with E-state index >= 15 is 0 Å². The van der Waals surface area contributed by atoms with Gasteiger partial charge >= 0.3 is 0 Å². The van der Waals surface area contributed by atoms with Crippen molar-refractivity contribution in [2.45, 2.75) is 19.4 Å². The van der Waals surface area contributed by atoms with Crippen molar-refractivity contribution in [3.05, 3.63) is 50.5 Å². The molecule has 0 bridgehead atoms. The highest BCUT2D eigenvalue weighted by Gasteiger charge is 2.19. The van der Waals surface area contributed by atoms with Crippen molar-refractivity contribution in [1.82, 2.24) is 4.98 Å². The molecule has 2 aromatic rings. The molecule has 0 amide bonds. The summed E-state index contributed by atoms with van der Waals surface area (Å²) in [6.45, 7) is 1.97. The first kappa shape index (κ1) is 14.0. The molecule has 7 heteroatoms. The van der Waals surface area contributed by atoms with Gasteiger partial charge in [-0.15, -0.1) is 11.3 Å². The van der Waals surface area contributed by atoms with Crippen LogP contribution in [0.4, 0.5) is 11.4 Å². The molecule has 1 atom stereocenters. The summed E-state index contributed by atoms with van der Waals surface area (Å²) in [5, 5.41) is 25.8. The Hall–Kier alpha value is -2.46. The van der Waals surface area contributed by atoms with E-state index in [0.29, 0.717) is 11.3 Å². The van der Waals surface area contributed by atoms with E-state index in [2.05, 4.69) is 10.3 Å². The zero-order valence-corrected chi connectivity index (χ0v) is 11.6. The van der Waals surface area contributed by atoms with Gasteiger partial charge in [0.1, 0.15) is 10.7 Å². The lowest BCUT2D eigenvalue weighted by atomic mass is 10.1. The molecule has 1 N–H and O–H groups in total. The summed E-state index contributed by atoms with van der Waals surface area (Å²) in [6.07, 6.45) is 2.44. The van der Waals surface area contributed by atoms with Gasteiger partial charge in [0.2, 0.25) is 0 Å². The average molecular weight is 288 g/mol. The third-order valence-corrected chi connectivity index (χ3v) is 3.70. The van der Waals surface area contributed by atoms with Gasteiger partial charge in [0, 0.05) is 17.6 Å². The number of nitro groups is 1. The molecule has 20 heavy (non-hydrogen) atoms. The number of nitro benzene ring substituents is 1. The van der Waals surface area contributed by atoms with Crippen LogP contribution in [0.3, 0.4) is 0 Å². The van der Waals surface area contributed by atoms with Crippen LogP contribution in [0.2, 0.25) is 0 Å². The Morgan fingerprint density at radius 1 is 1.60 bits per heavy atom. The molecular weight excluding hydrogens is 276 g/mol. The lowest BCUT2D eigenvalue weighted by molar-refractivity contribution is -0.384. The van der Waals surface area contributed by atoms with E-state index in [1.165, 1.54) is 29.5 Å². The first-order valence-electron chi connectivity index (χ1n) is 6.00. The second kappa shape index (κ2) is 6.12. The summed E-state index contributed by atoms with van der Waals surface area (Å²) < 4.78 is 0. The molecule has 1 aromatic heterocycles. The van der Waals surface area contributed by atoms with Crippen molar-refractivity contribution in [1.29, 1.82) is 5.26 Å². The van der Waals surface area contributed by atoms with Gasteiger partial charge in [0.15, 0.2) is 0 Å². The fourth-order valence-electron chi connectivity index (χ4n) is 1.81. The van der Waals surface area contributed by atoms with Crippen LogP contribution in [0.5, 0.6) is 0 Å². The molecule has 6 nitrogen and oxygen atoms in total. The number of benzene rings is 1. The Labute approximate surface area is 119 Å². The van der Waals surface area contributed by atoms with Gasteiger partial charge in [-0.25, -0.2) is 4.98 Å². The molecule has 0 radical (unpaired) electrons. The Morgan fingerprint density at radius 3 is 2.95 bits per heavy atom. The monoisotopic (exact) mass is 288 g/mol. The van der Waals surface area contributed by atoms with E-state index in [1.807, 2.05) is 18.4 Å². The molecule has 0 spiro atoms. The van der Waals surface area contributed by atoms with Gasteiger partial charge in [0.25, 0.3) is 5.69 Å². The zero-order valence-electron chi connectivity index (χ0n) is 10.7. The van der Waals surface area contributed by atoms with E-state index in [9.17, 15) is 10.1 Å². The number of hydrogen-bond donors (Lipinski definition) is 1. The molecule has 0 saturated heterocycles. The second-order valence-corrected chi connectivity index (χ2v) is 5.00. The van der Waals surface area contributed by atoms with E-state index in [1.54, 1.807) is 6.20 Å². The number of nitriles is 1. The van der Waals surface area contributed by atoms with E-state index in [-0.39, 0.29) is 11.7 Å². The molecule has 1 heterocycles. The summed E-state index contributed by atoms with van der Waals surface area (Å²) in [4.78, 5) is 14.8. The number of thiazole rings is 1. The van der Waals surface area contributed by atoms with Crippen LogP contribution < -0.4 is 5.32 Å². The molecule has 102 valence electrons. The molecule has 0 aliphatic heterocycles. The van der Waals surface area contributed by atoms with Crippen LogP contribution in [0, 0.1) is 21.4 Å². The number of nitrogens with one attached hydrogen (secondary N) is 1. The molecule has 2 rings (SSSR count). The molecule has 1 unspecified atom stereocenters. The quantitative estimate of drug-likeness (QED) is 0.671. The number of hydrogen-bond acceptors (Lipinski definition) is 6. The van der Waals surface area contributed by atoms with Crippen LogP contribution in [-0.2, 0) is 0 Å². The van der Waals surface area contributed by atoms with Crippen LogP contribution in [0.25, 0.3) is 0 Å². The summed E-state index contributed by atoms with van der Waals surface area (Å²) >= 11 is 1.49. The van der Waals surface area contributed by atoms with Crippen LogP contribution in [-0.4, -0.2) is 9.91 Å². The lowest BCUT2D eigenvalue weighted by Gasteiger charge is -2.16. The van der Waals surface area contributed by atoms with Gasteiger partial charge in [-0.1, -0.05) is 6.92 Å². The highest BCUT2D eigenvalue weighted by atomic mass is 32.1. The van der Waals surface area contributed by atoms with Gasteiger partial charge in [-0.05, 0) is 18.6 Å². The smallest absolute Gasteiger partial charge is 0.292 e. The fourth-order valence-corrected chi connectivity index (χ4v) is 2.59. The Kier molecular flexibility index (Phi) is 4.27. The molecular formula is C13H12N4O2S. The Bertz CT molecular complexity index is 649. The van der Waals surface area contributed by atoms with Crippen molar-refractivity contribution in [3.8, 4) is 6.07 Å². The topological polar surface area (TPSA) is 91.8 Å². The third-order valence-electron chi connectivity index (χ3n) is 2.81.